The normalized spacial score (nSPS) is 12.4. The molecule has 2 aromatic rings. The predicted octanol–water partition coefficient (Wildman–Crippen LogP) is 2.51. The summed E-state index contributed by atoms with van der Waals surface area (Å²) in [6.07, 6.45) is 1.96. The highest BCUT2D eigenvalue weighted by Gasteiger charge is 2.18. The molecule has 0 bridgehead atoms. The highest BCUT2D eigenvalue weighted by Crippen LogP contribution is 2.27. The molecular weight excluding hydrogens is 279 g/mol. The van der Waals surface area contributed by atoms with Gasteiger partial charge in [0.2, 0.25) is 0 Å². The second kappa shape index (κ2) is 6.17. The number of hydrazine groups is 1. The van der Waals surface area contributed by atoms with Crippen LogP contribution in [-0.4, -0.2) is 4.98 Å². The number of benzene rings is 1. The molecule has 5 N–H and O–H groups in total. The molecule has 2 rings (SSSR count). The third kappa shape index (κ3) is 3.07. The Balaban J connectivity index is 2.36. The van der Waals surface area contributed by atoms with Gasteiger partial charge in [0, 0.05) is 22.3 Å². The van der Waals surface area contributed by atoms with Crippen molar-refractivity contribution in [2.45, 2.75) is 19.4 Å². The van der Waals surface area contributed by atoms with Crippen molar-refractivity contribution in [1.82, 2.24) is 10.4 Å². The van der Waals surface area contributed by atoms with Gasteiger partial charge in [-0.05, 0) is 37.1 Å². The average molecular weight is 295 g/mol. The lowest BCUT2D eigenvalue weighted by Crippen LogP contribution is -2.30. The Labute approximate surface area is 121 Å². The van der Waals surface area contributed by atoms with Crippen LogP contribution in [0.15, 0.2) is 30.5 Å². The second-order valence-corrected chi connectivity index (χ2v) is 5.02. The molecule has 0 radical (unpaired) electrons. The minimum Gasteiger partial charge on any atom is -0.383 e. The summed E-state index contributed by atoms with van der Waals surface area (Å²) in [6, 6.07) is 6.09. The maximum Gasteiger partial charge on any atom is 0.128 e. The Morgan fingerprint density at radius 1 is 1.45 bits per heavy atom. The van der Waals surface area contributed by atoms with Crippen molar-refractivity contribution >= 4 is 17.4 Å². The van der Waals surface area contributed by atoms with E-state index in [0.717, 1.165) is 11.1 Å². The zero-order chi connectivity index (χ0) is 14.7. The molecule has 6 heteroatoms. The summed E-state index contributed by atoms with van der Waals surface area (Å²) in [5.74, 6) is 5.58. The van der Waals surface area contributed by atoms with Crippen molar-refractivity contribution in [2.24, 2.45) is 5.84 Å². The van der Waals surface area contributed by atoms with Crippen molar-refractivity contribution in [3.8, 4) is 0 Å². The number of rotatable bonds is 4. The maximum atomic E-state index is 13.8. The van der Waals surface area contributed by atoms with Gasteiger partial charge in [-0.2, -0.15) is 0 Å². The van der Waals surface area contributed by atoms with Crippen molar-refractivity contribution < 1.29 is 4.39 Å². The van der Waals surface area contributed by atoms with Gasteiger partial charge in [-0.25, -0.2) is 9.37 Å². The molecule has 20 heavy (non-hydrogen) atoms. The summed E-state index contributed by atoms with van der Waals surface area (Å²) in [6.45, 7) is 1.90. The molecule has 0 amide bonds. The van der Waals surface area contributed by atoms with Gasteiger partial charge in [0.05, 0.1) is 6.04 Å². The first-order valence-electron chi connectivity index (χ1n) is 6.14. The number of nitrogen functional groups attached to an aromatic ring is 1. The number of anilines is 1. The van der Waals surface area contributed by atoms with Gasteiger partial charge >= 0.3 is 0 Å². The van der Waals surface area contributed by atoms with Crippen LogP contribution in [0.25, 0.3) is 0 Å². The van der Waals surface area contributed by atoms with Crippen LogP contribution in [0.3, 0.4) is 0 Å². The lowest BCUT2D eigenvalue weighted by atomic mass is 9.98. The molecule has 106 valence electrons. The summed E-state index contributed by atoms with van der Waals surface area (Å²) in [7, 11) is 0. The van der Waals surface area contributed by atoms with Gasteiger partial charge in [-0.15, -0.1) is 0 Å². The first kappa shape index (κ1) is 14.7. The fourth-order valence-electron chi connectivity index (χ4n) is 2.07. The molecule has 1 aromatic carbocycles. The Hall–Kier alpha value is -1.69. The van der Waals surface area contributed by atoms with Crippen LogP contribution in [0.2, 0.25) is 5.02 Å². The van der Waals surface area contributed by atoms with E-state index in [1.165, 1.54) is 6.07 Å². The molecule has 0 fully saturated rings. The lowest BCUT2D eigenvalue weighted by molar-refractivity contribution is 0.529. The Morgan fingerprint density at radius 2 is 2.20 bits per heavy atom. The number of aromatic nitrogens is 1. The Bertz CT molecular complexity index is 598. The SMILES string of the molecule is Cc1cnc(N)c(C(Cc2c(F)cccc2Cl)NN)c1. The van der Waals surface area contributed by atoms with E-state index in [0.29, 0.717) is 16.4 Å². The van der Waals surface area contributed by atoms with E-state index in [1.807, 2.05) is 13.0 Å². The zero-order valence-corrected chi connectivity index (χ0v) is 11.8. The minimum absolute atomic E-state index is 0.289. The first-order chi connectivity index (χ1) is 9.52. The smallest absolute Gasteiger partial charge is 0.128 e. The molecule has 0 saturated heterocycles. The third-order valence-corrected chi connectivity index (χ3v) is 3.49. The summed E-state index contributed by atoms with van der Waals surface area (Å²) in [5, 5.41) is 0.365. The summed E-state index contributed by atoms with van der Waals surface area (Å²) < 4.78 is 13.8. The molecule has 0 aliphatic heterocycles. The first-order valence-corrected chi connectivity index (χ1v) is 6.51. The van der Waals surface area contributed by atoms with Crippen LogP contribution in [-0.2, 0) is 6.42 Å². The molecule has 1 atom stereocenters. The monoisotopic (exact) mass is 294 g/mol. The molecule has 0 aliphatic rings. The van der Waals surface area contributed by atoms with Crippen molar-refractivity contribution in [3.63, 3.8) is 0 Å². The number of pyridine rings is 1. The summed E-state index contributed by atoms with van der Waals surface area (Å²) in [4.78, 5) is 4.09. The van der Waals surface area contributed by atoms with E-state index in [4.69, 9.17) is 23.2 Å². The van der Waals surface area contributed by atoms with Gasteiger partial charge in [0.15, 0.2) is 0 Å². The lowest BCUT2D eigenvalue weighted by Gasteiger charge is -2.19. The molecule has 0 aliphatic carbocycles. The van der Waals surface area contributed by atoms with Gasteiger partial charge in [0.25, 0.3) is 0 Å². The van der Waals surface area contributed by atoms with Gasteiger partial charge < -0.3 is 5.73 Å². The number of hydrogen-bond donors (Lipinski definition) is 3. The van der Waals surface area contributed by atoms with Gasteiger partial charge in [-0.1, -0.05) is 17.7 Å². The number of nitrogens with two attached hydrogens (primary N) is 2. The van der Waals surface area contributed by atoms with Crippen LogP contribution in [0.5, 0.6) is 0 Å². The van der Waals surface area contributed by atoms with E-state index in [-0.39, 0.29) is 18.3 Å². The molecule has 4 nitrogen and oxygen atoms in total. The molecular formula is C14H16ClFN4. The number of halogens is 2. The number of nitrogens with one attached hydrogen (secondary N) is 1. The van der Waals surface area contributed by atoms with Gasteiger partial charge in [0.1, 0.15) is 11.6 Å². The number of hydrogen-bond acceptors (Lipinski definition) is 4. The van der Waals surface area contributed by atoms with Crippen LogP contribution < -0.4 is 17.0 Å². The number of nitrogens with zero attached hydrogens (tertiary/aromatic N) is 1. The molecule has 0 spiro atoms. The topological polar surface area (TPSA) is 77.0 Å². The predicted molar refractivity (Wildman–Crippen MR) is 78.6 cm³/mol. The van der Waals surface area contributed by atoms with Crippen LogP contribution in [0.1, 0.15) is 22.7 Å². The minimum atomic E-state index is -0.364. The van der Waals surface area contributed by atoms with E-state index in [2.05, 4.69) is 10.4 Å². The zero-order valence-electron chi connectivity index (χ0n) is 11.0. The van der Waals surface area contributed by atoms with Crippen LogP contribution in [0.4, 0.5) is 10.2 Å². The fourth-order valence-corrected chi connectivity index (χ4v) is 2.31. The van der Waals surface area contributed by atoms with E-state index < -0.39 is 0 Å². The van der Waals surface area contributed by atoms with E-state index >= 15 is 0 Å². The Morgan fingerprint density at radius 3 is 2.85 bits per heavy atom. The molecule has 1 aromatic heterocycles. The quantitative estimate of drug-likeness (QED) is 0.598. The van der Waals surface area contributed by atoms with Crippen molar-refractivity contribution in [3.05, 3.63) is 58.0 Å². The summed E-state index contributed by atoms with van der Waals surface area (Å²) >= 11 is 6.03. The molecule has 1 unspecified atom stereocenters. The highest BCUT2D eigenvalue weighted by atomic mass is 35.5. The average Bonchev–Trinajstić information content (AvgIpc) is 2.42. The van der Waals surface area contributed by atoms with Crippen LogP contribution in [0, 0.1) is 12.7 Å². The van der Waals surface area contributed by atoms with Crippen LogP contribution >= 0.6 is 11.6 Å². The van der Waals surface area contributed by atoms with E-state index in [1.54, 1.807) is 18.3 Å². The second-order valence-electron chi connectivity index (χ2n) is 4.61. The van der Waals surface area contributed by atoms with Crippen molar-refractivity contribution in [2.75, 3.05) is 5.73 Å². The van der Waals surface area contributed by atoms with Crippen molar-refractivity contribution in [1.29, 1.82) is 0 Å². The highest BCUT2D eigenvalue weighted by molar-refractivity contribution is 6.31. The van der Waals surface area contributed by atoms with E-state index in [9.17, 15) is 4.39 Å². The maximum absolute atomic E-state index is 13.8. The third-order valence-electron chi connectivity index (χ3n) is 3.13. The fraction of sp³-hybridized carbons (Fsp3) is 0.214. The standard InChI is InChI=1S/C14H16ClFN4/c1-8-5-10(14(17)19-7-8)13(20-18)6-9-11(15)3-2-4-12(9)16/h2-5,7,13,20H,6,18H2,1H3,(H2,17,19). The molecule has 0 saturated carbocycles. The van der Waals surface area contributed by atoms with Gasteiger partial charge in [-0.3, -0.25) is 11.3 Å². The molecule has 1 heterocycles. The summed E-state index contributed by atoms with van der Waals surface area (Å²) in [5.41, 5.74) is 10.6. The number of aryl methyl sites for hydroxylation is 1. The Kier molecular flexibility index (Phi) is 4.54. The largest absolute Gasteiger partial charge is 0.383 e.